The summed E-state index contributed by atoms with van der Waals surface area (Å²) >= 11 is 0. The molecule has 0 saturated heterocycles. The van der Waals surface area contributed by atoms with Gasteiger partial charge in [-0.1, -0.05) is 13.2 Å². The Hall–Kier alpha value is -1.24. The fraction of sp³-hybridized carbons (Fsp3) is 0.333. The minimum Gasteiger partial charge on any atom is -0.390 e. The highest BCUT2D eigenvalue weighted by Crippen LogP contribution is 2.47. The van der Waals surface area contributed by atoms with Crippen LogP contribution in [-0.2, 0) is 0 Å². The van der Waals surface area contributed by atoms with Gasteiger partial charge in [0.1, 0.15) is 0 Å². The van der Waals surface area contributed by atoms with Gasteiger partial charge in [0.05, 0.1) is 0 Å². The molecule has 2 rings (SSSR count). The van der Waals surface area contributed by atoms with Crippen molar-refractivity contribution in [1.82, 2.24) is 5.32 Å². The third-order valence-corrected chi connectivity index (χ3v) is 3.00. The molecule has 0 aromatic rings. The minimum atomic E-state index is 0.570. The zero-order chi connectivity index (χ0) is 9.59. The Morgan fingerprint density at radius 1 is 1.38 bits per heavy atom. The van der Waals surface area contributed by atoms with Gasteiger partial charge < -0.3 is 5.32 Å². The molecule has 0 aromatic carbocycles. The van der Waals surface area contributed by atoms with Crippen LogP contribution in [0.5, 0.6) is 0 Å². The van der Waals surface area contributed by atoms with Crippen LogP contribution in [0.15, 0.2) is 47.2 Å². The van der Waals surface area contributed by atoms with Gasteiger partial charge in [-0.05, 0) is 47.9 Å². The van der Waals surface area contributed by atoms with E-state index >= 15 is 0 Å². The molecule has 0 spiro atoms. The molecule has 0 bridgehead atoms. The fourth-order valence-electron chi connectivity index (χ4n) is 1.92. The van der Waals surface area contributed by atoms with Gasteiger partial charge in [-0.3, -0.25) is 0 Å². The summed E-state index contributed by atoms with van der Waals surface area (Å²) in [7, 11) is 0. The number of fused-ring (bicyclic) bond motifs is 1. The summed E-state index contributed by atoms with van der Waals surface area (Å²) in [6.07, 6.45) is 2.05. The predicted molar refractivity (Wildman–Crippen MR) is 56.2 cm³/mol. The average molecular weight is 173 g/mol. The van der Waals surface area contributed by atoms with Crippen LogP contribution in [0.3, 0.4) is 0 Å². The molecular weight excluding hydrogens is 158 g/mol. The number of rotatable bonds is 0. The van der Waals surface area contributed by atoms with E-state index in [2.05, 4.69) is 32.3 Å². The van der Waals surface area contributed by atoms with E-state index in [9.17, 15) is 0 Å². The van der Waals surface area contributed by atoms with E-state index in [-0.39, 0.29) is 0 Å². The Bertz CT molecular complexity index is 355. The minimum absolute atomic E-state index is 0.570. The van der Waals surface area contributed by atoms with E-state index in [0.29, 0.717) is 5.92 Å². The van der Waals surface area contributed by atoms with Gasteiger partial charge in [-0.25, -0.2) is 0 Å². The summed E-state index contributed by atoms with van der Waals surface area (Å²) in [5.74, 6) is 0.570. The van der Waals surface area contributed by atoms with Crippen LogP contribution in [0.2, 0.25) is 0 Å². The number of hydrogen-bond donors (Lipinski definition) is 1. The molecule has 0 radical (unpaired) electrons. The summed E-state index contributed by atoms with van der Waals surface area (Å²) in [5.41, 5.74) is 6.40. The molecule has 1 heterocycles. The van der Waals surface area contributed by atoms with Gasteiger partial charge in [0.15, 0.2) is 0 Å². The molecule has 0 aromatic heterocycles. The lowest BCUT2D eigenvalue weighted by Crippen LogP contribution is -2.12. The highest BCUT2D eigenvalue weighted by atomic mass is 14.9. The Kier molecular flexibility index (Phi) is 1.69. The highest BCUT2D eigenvalue weighted by Gasteiger charge is 2.37. The van der Waals surface area contributed by atoms with Gasteiger partial charge in [0.2, 0.25) is 0 Å². The third-order valence-electron chi connectivity index (χ3n) is 3.00. The lowest BCUT2D eigenvalue weighted by atomic mass is 10.0. The van der Waals surface area contributed by atoms with Crippen LogP contribution in [0.1, 0.15) is 13.8 Å². The van der Waals surface area contributed by atoms with Crippen LogP contribution >= 0.6 is 0 Å². The smallest absolute Gasteiger partial charge is 0.0265 e. The van der Waals surface area contributed by atoms with Crippen molar-refractivity contribution in [3.63, 3.8) is 0 Å². The second-order valence-corrected chi connectivity index (χ2v) is 3.83. The first-order valence-electron chi connectivity index (χ1n) is 4.62. The molecule has 1 N–H and O–H groups in total. The second kappa shape index (κ2) is 2.63. The first-order chi connectivity index (χ1) is 6.13. The summed E-state index contributed by atoms with van der Waals surface area (Å²) in [6, 6.07) is 0. The molecule has 1 heteroatoms. The zero-order valence-corrected chi connectivity index (χ0v) is 8.28. The number of hydrogen-bond acceptors (Lipinski definition) is 1. The molecule has 1 atom stereocenters. The highest BCUT2D eigenvalue weighted by molar-refractivity contribution is 5.63. The van der Waals surface area contributed by atoms with Crippen molar-refractivity contribution < 1.29 is 0 Å². The number of nitrogens with one attached hydrogen (secondary N) is 1. The average Bonchev–Trinajstić information content (AvgIpc) is 2.72. The second-order valence-electron chi connectivity index (χ2n) is 3.83. The third kappa shape index (κ3) is 1.15. The van der Waals surface area contributed by atoms with Gasteiger partial charge in [0, 0.05) is 12.5 Å². The Morgan fingerprint density at radius 2 is 2.08 bits per heavy atom. The monoisotopic (exact) mass is 173 g/mol. The molecular formula is C12H15N. The fourth-order valence-corrected chi connectivity index (χ4v) is 1.92. The molecule has 68 valence electrons. The van der Waals surface area contributed by atoms with Gasteiger partial charge in [-0.15, -0.1) is 0 Å². The van der Waals surface area contributed by atoms with Crippen molar-refractivity contribution in [3.05, 3.63) is 47.2 Å². The summed E-state index contributed by atoms with van der Waals surface area (Å²) in [4.78, 5) is 0. The van der Waals surface area contributed by atoms with Crippen molar-refractivity contribution in [2.75, 3.05) is 6.54 Å². The quantitative estimate of drug-likeness (QED) is 0.593. The van der Waals surface area contributed by atoms with Crippen molar-refractivity contribution >= 4 is 0 Å². The molecule has 13 heavy (non-hydrogen) atoms. The molecule has 1 aliphatic heterocycles. The van der Waals surface area contributed by atoms with Crippen molar-refractivity contribution in [3.8, 4) is 0 Å². The molecule has 0 amide bonds. The van der Waals surface area contributed by atoms with Gasteiger partial charge in [0.25, 0.3) is 0 Å². The largest absolute Gasteiger partial charge is 0.390 e. The molecule has 1 nitrogen and oxygen atoms in total. The van der Waals surface area contributed by atoms with Crippen LogP contribution in [0, 0.1) is 5.92 Å². The molecule has 1 aliphatic carbocycles. The van der Waals surface area contributed by atoms with E-state index in [1.807, 2.05) is 6.20 Å². The summed E-state index contributed by atoms with van der Waals surface area (Å²) in [5, 5.41) is 3.29. The predicted octanol–water partition coefficient (Wildman–Crippen LogP) is 2.55. The molecule has 1 saturated carbocycles. The topological polar surface area (TPSA) is 12.0 Å². The molecule has 1 fully saturated rings. The van der Waals surface area contributed by atoms with Crippen molar-refractivity contribution in [1.29, 1.82) is 0 Å². The van der Waals surface area contributed by atoms with Crippen LogP contribution in [0.25, 0.3) is 0 Å². The zero-order valence-electron chi connectivity index (χ0n) is 8.28. The van der Waals surface area contributed by atoms with E-state index in [1.54, 1.807) is 0 Å². The van der Waals surface area contributed by atoms with Crippen molar-refractivity contribution in [2.45, 2.75) is 13.8 Å². The molecule has 1 unspecified atom stereocenters. The van der Waals surface area contributed by atoms with Crippen LogP contribution in [0.4, 0.5) is 0 Å². The van der Waals surface area contributed by atoms with Crippen LogP contribution in [-0.4, -0.2) is 6.54 Å². The maximum absolute atomic E-state index is 4.08. The Balaban J connectivity index is 2.42. The first-order valence-corrected chi connectivity index (χ1v) is 4.62. The number of allylic oxidation sites excluding steroid dienone is 3. The lowest BCUT2D eigenvalue weighted by molar-refractivity contribution is 0.785. The normalized spacial score (nSPS) is 31.2. The Labute approximate surface area is 79.5 Å². The molecule has 2 aliphatic rings. The maximum atomic E-state index is 4.08. The maximum Gasteiger partial charge on any atom is 0.0265 e. The standard InChI is InChI=1S/C12H15N/c1-7-5-13-6-11-10(4)12(11)9(3)8(7)2/h5,11,13H,2,4,6H2,1,3H3/b7-5-,12-9?. The lowest BCUT2D eigenvalue weighted by Gasteiger charge is -2.10. The first kappa shape index (κ1) is 8.36. The van der Waals surface area contributed by atoms with E-state index in [1.165, 1.54) is 22.3 Å². The van der Waals surface area contributed by atoms with E-state index in [0.717, 1.165) is 12.1 Å². The van der Waals surface area contributed by atoms with Crippen LogP contribution < -0.4 is 5.32 Å². The Morgan fingerprint density at radius 3 is 2.77 bits per heavy atom. The summed E-state index contributed by atoms with van der Waals surface area (Å²) < 4.78 is 0. The van der Waals surface area contributed by atoms with Gasteiger partial charge >= 0.3 is 0 Å². The van der Waals surface area contributed by atoms with Crippen molar-refractivity contribution in [2.24, 2.45) is 5.92 Å². The van der Waals surface area contributed by atoms with E-state index < -0.39 is 0 Å². The van der Waals surface area contributed by atoms with Gasteiger partial charge in [-0.2, -0.15) is 0 Å². The summed E-state index contributed by atoms with van der Waals surface area (Å²) in [6.45, 7) is 13.4. The van der Waals surface area contributed by atoms with E-state index in [4.69, 9.17) is 0 Å². The SMILES string of the molecule is C=C1C(C)=C2C(=C)C2CN/C=C\1C.